The minimum Gasteiger partial charge on any atom is -0.399 e. The van der Waals surface area contributed by atoms with Crippen molar-refractivity contribution < 1.29 is 9.18 Å². The number of nitrogen functional groups attached to an aromatic ring is 1. The van der Waals surface area contributed by atoms with Crippen molar-refractivity contribution in [2.75, 3.05) is 5.73 Å². The molecule has 1 amide bonds. The van der Waals surface area contributed by atoms with Crippen LogP contribution in [0.15, 0.2) is 18.2 Å². The van der Waals surface area contributed by atoms with E-state index >= 15 is 0 Å². The van der Waals surface area contributed by atoms with E-state index in [0.29, 0.717) is 0 Å². The van der Waals surface area contributed by atoms with Crippen LogP contribution in [0.4, 0.5) is 10.1 Å². The molecule has 0 aliphatic rings. The van der Waals surface area contributed by atoms with E-state index in [0.717, 1.165) is 6.07 Å². The molecular formula is C10H13FN2O. The Bertz CT molecular complexity index is 330. The summed E-state index contributed by atoms with van der Waals surface area (Å²) in [6, 6.07) is 3.80. The minimum atomic E-state index is -0.501. The van der Waals surface area contributed by atoms with Crippen LogP contribution in [0.5, 0.6) is 0 Å². The summed E-state index contributed by atoms with van der Waals surface area (Å²) in [6.45, 7) is 3.67. The molecule has 0 fully saturated rings. The molecule has 0 spiro atoms. The topological polar surface area (TPSA) is 55.1 Å². The zero-order chi connectivity index (χ0) is 10.7. The van der Waals surface area contributed by atoms with E-state index in [1.807, 2.05) is 13.8 Å². The zero-order valence-electron chi connectivity index (χ0n) is 8.17. The first kappa shape index (κ1) is 10.5. The van der Waals surface area contributed by atoms with Gasteiger partial charge in [0.15, 0.2) is 0 Å². The number of carbonyl (C=O) groups excluding carboxylic acids is 1. The van der Waals surface area contributed by atoms with Crippen LogP contribution < -0.4 is 11.1 Å². The average Bonchev–Trinajstić information content (AvgIpc) is 2.00. The Hall–Kier alpha value is -1.58. The average molecular weight is 196 g/mol. The summed E-state index contributed by atoms with van der Waals surface area (Å²) < 4.78 is 12.9. The van der Waals surface area contributed by atoms with Crippen molar-refractivity contribution in [2.45, 2.75) is 19.9 Å². The largest absolute Gasteiger partial charge is 0.399 e. The molecule has 1 aromatic rings. The predicted octanol–water partition coefficient (Wildman–Crippen LogP) is 1.55. The van der Waals surface area contributed by atoms with Crippen LogP contribution in [0, 0.1) is 5.82 Å². The van der Waals surface area contributed by atoms with Crippen LogP contribution in [0.2, 0.25) is 0 Å². The molecule has 0 unspecified atom stereocenters. The normalized spacial score (nSPS) is 10.3. The van der Waals surface area contributed by atoms with Gasteiger partial charge in [0.25, 0.3) is 5.91 Å². The third-order valence-electron chi connectivity index (χ3n) is 1.60. The lowest BCUT2D eigenvalue weighted by Crippen LogP contribution is -2.30. The zero-order valence-corrected chi connectivity index (χ0v) is 8.17. The van der Waals surface area contributed by atoms with E-state index in [1.54, 1.807) is 0 Å². The fourth-order valence-corrected chi connectivity index (χ4v) is 1.09. The molecule has 0 atom stereocenters. The van der Waals surface area contributed by atoms with E-state index in [9.17, 15) is 9.18 Å². The van der Waals surface area contributed by atoms with Gasteiger partial charge in [-0.25, -0.2) is 4.39 Å². The summed E-state index contributed by atoms with van der Waals surface area (Å²) in [5.41, 5.74) is 5.90. The van der Waals surface area contributed by atoms with Gasteiger partial charge in [-0.2, -0.15) is 0 Å². The maximum absolute atomic E-state index is 12.9. The lowest BCUT2D eigenvalue weighted by molar-refractivity contribution is 0.0942. The third-order valence-corrected chi connectivity index (χ3v) is 1.60. The molecule has 0 heterocycles. The molecule has 14 heavy (non-hydrogen) atoms. The monoisotopic (exact) mass is 196 g/mol. The lowest BCUT2D eigenvalue weighted by Gasteiger charge is -2.08. The van der Waals surface area contributed by atoms with Crippen molar-refractivity contribution in [1.82, 2.24) is 5.32 Å². The maximum Gasteiger partial charge on any atom is 0.251 e. The van der Waals surface area contributed by atoms with Crippen LogP contribution >= 0.6 is 0 Å². The molecule has 3 N–H and O–H groups in total. The van der Waals surface area contributed by atoms with Gasteiger partial charge >= 0.3 is 0 Å². The highest BCUT2D eigenvalue weighted by Gasteiger charge is 2.08. The fraction of sp³-hybridized carbons (Fsp3) is 0.300. The first-order valence-electron chi connectivity index (χ1n) is 4.36. The summed E-state index contributed by atoms with van der Waals surface area (Å²) in [7, 11) is 0. The van der Waals surface area contributed by atoms with Crippen LogP contribution in [0.3, 0.4) is 0 Å². The number of hydrogen-bond acceptors (Lipinski definition) is 2. The number of nitrogens with one attached hydrogen (secondary N) is 1. The van der Waals surface area contributed by atoms with Crippen molar-refractivity contribution in [3.8, 4) is 0 Å². The molecule has 0 bridgehead atoms. The number of benzene rings is 1. The summed E-state index contributed by atoms with van der Waals surface area (Å²) in [5, 5.41) is 2.65. The van der Waals surface area contributed by atoms with Crippen LogP contribution in [0.25, 0.3) is 0 Å². The number of hydrogen-bond donors (Lipinski definition) is 2. The molecule has 0 aromatic heterocycles. The van der Waals surface area contributed by atoms with Gasteiger partial charge in [-0.05, 0) is 32.0 Å². The molecular weight excluding hydrogens is 183 g/mol. The highest BCUT2D eigenvalue weighted by Crippen LogP contribution is 2.10. The molecule has 1 rings (SSSR count). The SMILES string of the molecule is CC(C)NC(=O)c1cc(N)cc(F)c1. The molecule has 76 valence electrons. The van der Waals surface area contributed by atoms with Crippen molar-refractivity contribution in [3.63, 3.8) is 0 Å². The molecule has 3 nitrogen and oxygen atoms in total. The second-order valence-electron chi connectivity index (χ2n) is 3.40. The fourth-order valence-electron chi connectivity index (χ4n) is 1.09. The Morgan fingerprint density at radius 3 is 2.57 bits per heavy atom. The quantitative estimate of drug-likeness (QED) is 0.705. The number of halogens is 1. The molecule has 0 aliphatic carbocycles. The second-order valence-corrected chi connectivity index (χ2v) is 3.40. The van der Waals surface area contributed by atoms with Gasteiger partial charge in [0, 0.05) is 17.3 Å². The first-order valence-corrected chi connectivity index (χ1v) is 4.36. The Morgan fingerprint density at radius 1 is 1.43 bits per heavy atom. The summed E-state index contributed by atoms with van der Waals surface area (Å²) in [4.78, 5) is 11.4. The number of anilines is 1. The smallest absolute Gasteiger partial charge is 0.251 e. The van der Waals surface area contributed by atoms with Gasteiger partial charge in [0.2, 0.25) is 0 Å². The molecule has 0 saturated carbocycles. The van der Waals surface area contributed by atoms with Crippen LogP contribution in [0.1, 0.15) is 24.2 Å². The molecule has 0 saturated heterocycles. The van der Waals surface area contributed by atoms with E-state index < -0.39 is 5.82 Å². The molecule has 4 heteroatoms. The summed E-state index contributed by atoms with van der Waals surface area (Å²) in [5.74, 6) is -0.815. The van der Waals surface area contributed by atoms with Gasteiger partial charge in [-0.15, -0.1) is 0 Å². The Morgan fingerprint density at radius 2 is 2.07 bits per heavy atom. The second kappa shape index (κ2) is 4.09. The van der Waals surface area contributed by atoms with Crippen molar-refractivity contribution >= 4 is 11.6 Å². The summed E-state index contributed by atoms with van der Waals surface area (Å²) in [6.07, 6.45) is 0. The first-order chi connectivity index (χ1) is 6.49. The third kappa shape index (κ3) is 2.73. The predicted molar refractivity (Wildman–Crippen MR) is 53.4 cm³/mol. The van der Waals surface area contributed by atoms with Gasteiger partial charge in [-0.1, -0.05) is 0 Å². The number of carbonyl (C=O) groups is 1. The maximum atomic E-state index is 12.9. The lowest BCUT2D eigenvalue weighted by atomic mass is 10.1. The highest BCUT2D eigenvalue weighted by molar-refractivity contribution is 5.95. The number of rotatable bonds is 2. The van der Waals surface area contributed by atoms with Gasteiger partial charge < -0.3 is 11.1 Å². The Kier molecular flexibility index (Phi) is 3.06. The Labute approximate surface area is 82.1 Å². The van der Waals surface area contributed by atoms with E-state index in [4.69, 9.17) is 5.73 Å². The van der Waals surface area contributed by atoms with Gasteiger partial charge in [0.05, 0.1) is 0 Å². The van der Waals surface area contributed by atoms with Crippen LogP contribution in [-0.2, 0) is 0 Å². The van der Waals surface area contributed by atoms with E-state index in [2.05, 4.69) is 5.32 Å². The van der Waals surface area contributed by atoms with Crippen LogP contribution in [-0.4, -0.2) is 11.9 Å². The van der Waals surface area contributed by atoms with Crippen molar-refractivity contribution in [2.24, 2.45) is 0 Å². The number of nitrogens with two attached hydrogens (primary N) is 1. The minimum absolute atomic E-state index is 0.0204. The highest BCUT2D eigenvalue weighted by atomic mass is 19.1. The van der Waals surface area contributed by atoms with Gasteiger partial charge in [-0.3, -0.25) is 4.79 Å². The molecule has 1 aromatic carbocycles. The van der Waals surface area contributed by atoms with Crippen molar-refractivity contribution in [1.29, 1.82) is 0 Å². The Balaban J connectivity index is 2.90. The standard InChI is InChI=1S/C10H13FN2O/c1-6(2)13-10(14)7-3-8(11)5-9(12)4-7/h3-6H,12H2,1-2H3,(H,13,14). The van der Waals surface area contributed by atoms with E-state index in [1.165, 1.54) is 12.1 Å². The molecule has 0 aliphatic heterocycles. The molecule has 0 radical (unpaired) electrons. The number of amides is 1. The van der Waals surface area contributed by atoms with Crippen molar-refractivity contribution in [3.05, 3.63) is 29.6 Å². The van der Waals surface area contributed by atoms with E-state index in [-0.39, 0.29) is 23.2 Å². The summed E-state index contributed by atoms with van der Waals surface area (Å²) >= 11 is 0. The van der Waals surface area contributed by atoms with Gasteiger partial charge in [0.1, 0.15) is 5.82 Å².